The first kappa shape index (κ1) is 17.9. The zero-order valence-electron chi connectivity index (χ0n) is 14.6. The van der Waals surface area contributed by atoms with Crippen molar-refractivity contribution < 1.29 is 4.79 Å². The molecule has 2 aromatic rings. The lowest BCUT2D eigenvalue weighted by Crippen LogP contribution is -2.49. The summed E-state index contributed by atoms with van der Waals surface area (Å²) in [6, 6.07) is 12.7. The number of hydrogen-bond donors (Lipinski definition) is 1. The summed E-state index contributed by atoms with van der Waals surface area (Å²) in [4.78, 5) is 26.1. The second-order valence-corrected chi connectivity index (χ2v) is 6.56. The van der Waals surface area contributed by atoms with Crippen LogP contribution in [0.2, 0.25) is 0 Å². The molecule has 1 aromatic carbocycles. The van der Waals surface area contributed by atoms with Crippen molar-refractivity contribution in [2.75, 3.05) is 20.6 Å². The maximum atomic E-state index is 12.2. The van der Waals surface area contributed by atoms with Gasteiger partial charge in [-0.1, -0.05) is 30.3 Å². The minimum absolute atomic E-state index is 0.0942. The van der Waals surface area contributed by atoms with Gasteiger partial charge in [0.15, 0.2) is 0 Å². The van der Waals surface area contributed by atoms with Gasteiger partial charge in [-0.25, -0.2) is 4.68 Å². The monoisotopic (exact) mass is 328 g/mol. The minimum Gasteiger partial charge on any atom is -0.353 e. The van der Waals surface area contributed by atoms with E-state index in [2.05, 4.69) is 10.4 Å². The zero-order valence-corrected chi connectivity index (χ0v) is 14.6. The Kier molecular flexibility index (Phi) is 5.51. The average Bonchev–Trinajstić information content (AvgIpc) is 2.56. The molecule has 0 unspecified atom stereocenters. The first-order chi connectivity index (χ1) is 11.3. The maximum absolute atomic E-state index is 12.2. The summed E-state index contributed by atoms with van der Waals surface area (Å²) in [5.41, 5.74) is 1.11. The number of amides is 1. The van der Waals surface area contributed by atoms with Crippen molar-refractivity contribution in [3.63, 3.8) is 0 Å². The third kappa shape index (κ3) is 4.52. The van der Waals surface area contributed by atoms with Crippen LogP contribution in [0.4, 0.5) is 0 Å². The Morgan fingerprint density at radius 2 is 1.83 bits per heavy atom. The molecule has 0 radical (unpaired) electrons. The van der Waals surface area contributed by atoms with Gasteiger partial charge in [0.25, 0.3) is 5.56 Å². The second-order valence-electron chi connectivity index (χ2n) is 6.56. The SMILES string of the molecule is CN(C)C(C)(C)CNC(=O)Cn1nc(-c2ccccc2)ccc1=O. The molecule has 2 rings (SSSR count). The van der Waals surface area contributed by atoms with Crippen molar-refractivity contribution in [3.8, 4) is 11.3 Å². The Bertz CT molecular complexity index is 751. The number of nitrogens with one attached hydrogen (secondary N) is 1. The Morgan fingerprint density at radius 3 is 2.46 bits per heavy atom. The van der Waals surface area contributed by atoms with Gasteiger partial charge in [-0.3, -0.25) is 9.59 Å². The topological polar surface area (TPSA) is 67.2 Å². The molecule has 0 saturated heterocycles. The third-order valence-corrected chi connectivity index (χ3v) is 4.16. The van der Waals surface area contributed by atoms with Crippen LogP contribution in [0, 0.1) is 0 Å². The van der Waals surface area contributed by atoms with Crippen molar-refractivity contribution in [2.24, 2.45) is 0 Å². The van der Waals surface area contributed by atoms with Gasteiger partial charge < -0.3 is 10.2 Å². The highest BCUT2D eigenvalue weighted by molar-refractivity contribution is 5.75. The van der Waals surface area contributed by atoms with Gasteiger partial charge in [-0.15, -0.1) is 0 Å². The number of nitrogens with zero attached hydrogens (tertiary/aromatic N) is 3. The van der Waals surface area contributed by atoms with Crippen LogP contribution in [0.25, 0.3) is 11.3 Å². The molecule has 0 fully saturated rings. The number of rotatable bonds is 6. The first-order valence-electron chi connectivity index (χ1n) is 7.87. The molecule has 0 aliphatic carbocycles. The van der Waals surface area contributed by atoms with Gasteiger partial charge in [-0.2, -0.15) is 5.10 Å². The van der Waals surface area contributed by atoms with E-state index in [4.69, 9.17) is 0 Å². The van der Waals surface area contributed by atoms with Gasteiger partial charge in [0.1, 0.15) is 6.54 Å². The van der Waals surface area contributed by atoms with Gasteiger partial charge in [-0.05, 0) is 34.0 Å². The highest BCUT2D eigenvalue weighted by Crippen LogP contribution is 2.14. The summed E-state index contributed by atoms with van der Waals surface area (Å²) in [6.07, 6.45) is 0. The van der Waals surface area contributed by atoms with Crippen LogP contribution in [0.1, 0.15) is 13.8 Å². The molecule has 1 amide bonds. The van der Waals surface area contributed by atoms with Crippen LogP contribution < -0.4 is 10.9 Å². The predicted octanol–water partition coefficient (Wildman–Crippen LogP) is 1.37. The Hall–Kier alpha value is -2.47. The fourth-order valence-corrected chi connectivity index (χ4v) is 1.99. The molecule has 1 N–H and O–H groups in total. The van der Waals surface area contributed by atoms with Crippen molar-refractivity contribution in [3.05, 3.63) is 52.8 Å². The number of likely N-dealkylation sites (N-methyl/N-ethyl adjacent to an activating group) is 1. The van der Waals surface area contributed by atoms with Crippen LogP contribution in [-0.4, -0.2) is 46.8 Å². The summed E-state index contributed by atoms with van der Waals surface area (Å²) in [6.45, 7) is 4.47. The third-order valence-electron chi connectivity index (χ3n) is 4.16. The summed E-state index contributed by atoms with van der Waals surface area (Å²) in [7, 11) is 3.92. The minimum atomic E-state index is -0.295. The molecule has 0 spiro atoms. The molecular formula is C18H24N4O2. The van der Waals surface area contributed by atoms with Crippen molar-refractivity contribution in [2.45, 2.75) is 25.9 Å². The number of hydrogen-bond acceptors (Lipinski definition) is 4. The zero-order chi connectivity index (χ0) is 17.7. The summed E-state index contributed by atoms with van der Waals surface area (Å²) >= 11 is 0. The van der Waals surface area contributed by atoms with Crippen LogP contribution in [-0.2, 0) is 11.3 Å². The van der Waals surface area contributed by atoms with Gasteiger partial charge in [0, 0.05) is 23.7 Å². The molecule has 0 atom stereocenters. The number of benzene rings is 1. The van der Waals surface area contributed by atoms with Crippen molar-refractivity contribution in [1.29, 1.82) is 0 Å². The fraction of sp³-hybridized carbons (Fsp3) is 0.389. The summed E-state index contributed by atoms with van der Waals surface area (Å²) < 4.78 is 1.19. The lowest BCUT2D eigenvalue weighted by Gasteiger charge is -2.32. The summed E-state index contributed by atoms with van der Waals surface area (Å²) in [5, 5.41) is 7.15. The van der Waals surface area contributed by atoms with Crippen LogP contribution >= 0.6 is 0 Å². The first-order valence-corrected chi connectivity index (χ1v) is 7.87. The Morgan fingerprint density at radius 1 is 1.17 bits per heavy atom. The highest BCUT2D eigenvalue weighted by atomic mass is 16.2. The molecule has 0 aliphatic rings. The number of carbonyl (C=O) groups excluding carboxylic acids is 1. The normalized spacial score (nSPS) is 11.5. The van der Waals surface area contributed by atoms with E-state index in [0.29, 0.717) is 12.2 Å². The molecule has 0 saturated carbocycles. The molecular weight excluding hydrogens is 304 g/mol. The molecule has 1 aromatic heterocycles. The average molecular weight is 328 g/mol. The van der Waals surface area contributed by atoms with E-state index in [0.717, 1.165) is 5.56 Å². The van der Waals surface area contributed by atoms with Gasteiger partial charge >= 0.3 is 0 Å². The van der Waals surface area contributed by atoms with Gasteiger partial charge in [0.2, 0.25) is 5.91 Å². The molecule has 24 heavy (non-hydrogen) atoms. The van der Waals surface area contributed by atoms with E-state index in [9.17, 15) is 9.59 Å². The highest BCUT2D eigenvalue weighted by Gasteiger charge is 2.21. The van der Waals surface area contributed by atoms with E-state index in [-0.39, 0.29) is 23.6 Å². The van der Waals surface area contributed by atoms with E-state index in [1.807, 2.05) is 63.2 Å². The Labute approximate surface area is 142 Å². The van der Waals surface area contributed by atoms with Crippen LogP contribution in [0.3, 0.4) is 0 Å². The van der Waals surface area contributed by atoms with Crippen molar-refractivity contribution in [1.82, 2.24) is 20.0 Å². The maximum Gasteiger partial charge on any atom is 0.267 e. The lowest BCUT2D eigenvalue weighted by molar-refractivity contribution is -0.122. The molecule has 6 heteroatoms. The molecule has 6 nitrogen and oxygen atoms in total. The molecule has 128 valence electrons. The molecule has 0 aliphatic heterocycles. The standard InChI is InChI=1S/C18H24N4O2/c1-18(2,21(3)4)13-19-16(23)12-22-17(24)11-10-15(20-22)14-8-6-5-7-9-14/h5-11H,12-13H2,1-4H3,(H,19,23). The van der Waals surface area contributed by atoms with E-state index in [1.165, 1.54) is 10.7 Å². The quantitative estimate of drug-likeness (QED) is 0.870. The lowest BCUT2D eigenvalue weighted by atomic mass is 10.0. The van der Waals surface area contributed by atoms with E-state index < -0.39 is 0 Å². The molecule has 1 heterocycles. The van der Waals surface area contributed by atoms with Crippen LogP contribution in [0.5, 0.6) is 0 Å². The largest absolute Gasteiger partial charge is 0.353 e. The Balaban J connectivity index is 2.10. The second kappa shape index (κ2) is 7.40. The fourth-order valence-electron chi connectivity index (χ4n) is 1.99. The number of carbonyl (C=O) groups is 1. The van der Waals surface area contributed by atoms with Crippen molar-refractivity contribution >= 4 is 5.91 Å². The predicted molar refractivity (Wildman–Crippen MR) is 94.7 cm³/mol. The number of aromatic nitrogens is 2. The van der Waals surface area contributed by atoms with E-state index in [1.54, 1.807) is 6.07 Å². The smallest absolute Gasteiger partial charge is 0.267 e. The van der Waals surface area contributed by atoms with E-state index >= 15 is 0 Å². The van der Waals surface area contributed by atoms with Gasteiger partial charge in [0.05, 0.1) is 5.69 Å². The summed E-state index contributed by atoms with van der Waals surface area (Å²) in [5.74, 6) is -0.232. The van der Waals surface area contributed by atoms with Crippen LogP contribution in [0.15, 0.2) is 47.3 Å². The molecule has 0 bridgehead atoms.